The van der Waals surface area contributed by atoms with Gasteiger partial charge in [-0.05, 0) is 79.8 Å². The third-order valence-corrected chi connectivity index (χ3v) is 7.31. The number of hydrogen-bond acceptors (Lipinski definition) is 6. The van der Waals surface area contributed by atoms with Crippen molar-refractivity contribution in [3.8, 4) is 23.1 Å². The van der Waals surface area contributed by atoms with E-state index in [4.69, 9.17) is 9.72 Å². The number of aromatic nitrogens is 1. The van der Waals surface area contributed by atoms with E-state index in [2.05, 4.69) is 17.5 Å². The minimum absolute atomic E-state index is 0.357. The van der Waals surface area contributed by atoms with Crippen LogP contribution in [0.25, 0.3) is 11.3 Å². The Morgan fingerprint density at radius 2 is 2.11 bits per heavy atom. The van der Waals surface area contributed by atoms with Crippen LogP contribution in [-0.4, -0.2) is 35.7 Å². The number of anilines is 1. The second-order valence-electron chi connectivity index (χ2n) is 9.98. The smallest absolute Gasteiger partial charge is 0.311 e. The molecule has 0 spiro atoms. The van der Waals surface area contributed by atoms with Crippen molar-refractivity contribution in [1.82, 2.24) is 10.3 Å². The molecule has 2 aromatic carbocycles. The van der Waals surface area contributed by atoms with Crippen LogP contribution in [0.5, 0.6) is 5.75 Å². The van der Waals surface area contributed by atoms with E-state index in [1.165, 1.54) is 5.56 Å². The highest BCUT2D eigenvalue weighted by Gasteiger charge is 2.41. The molecule has 7 nitrogen and oxygen atoms in total. The van der Waals surface area contributed by atoms with Crippen molar-refractivity contribution < 1.29 is 14.6 Å². The van der Waals surface area contributed by atoms with Crippen molar-refractivity contribution in [3.63, 3.8) is 0 Å². The molecule has 0 radical (unpaired) electrons. The zero-order valence-electron chi connectivity index (χ0n) is 20.7. The number of nitrogens with zero attached hydrogens (tertiary/aromatic N) is 3. The average molecular weight is 483 g/mol. The van der Waals surface area contributed by atoms with E-state index in [-0.39, 0.29) is 0 Å². The maximum Gasteiger partial charge on any atom is 0.311 e. The summed E-state index contributed by atoms with van der Waals surface area (Å²) >= 11 is 0. The number of hydrogen-bond donors (Lipinski definition) is 2. The van der Waals surface area contributed by atoms with Crippen LogP contribution in [0.15, 0.2) is 48.5 Å². The summed E-state index contributed by atoms with van der Waals surface area (Å²) in [7, 11) is 0. The molecule has 0 bridgehead atoms. The number of aryl methyl sites for hydroxylation is 1. The van der Waals surface area contributed by atoms with E-state index >= 15 is 0 Å². The topological polar surface area (TPSA) is 98.5 Å². The normalized spacial score (nSPS) is 19.0. The number of nitriles is 1. The molecule has 1 saturated heterocycles. The zero-order chi connectivity index (χ0) is 25.3. The Bertz CT molecular complexity index is 1360. The van der Waals surface area contributed by atoms with E-state index in [0.29, 0.717) is 31.7 Å². The summed E-state index contributed by atoms with van der Waals surface area (Å²) in [4.78, 5) is 18.6. The molecule has 7 heteroatoms. The van der Waals surface area contributed by atoms with Crippen molar-refractivity contribution in [2.24, 2.45) is 5.41 Å². The molecule has 2 N–H and O–H groups in total. The summed E-state index contributed by atoms with van der Waals surface area (Å²) in [6.07, 6.45) is 1.50. The molecule has 5 rings (SSSR count). The third kappa shape index (κ3) is 4.52. The summed E-state index contributed by atoms with van der Waals surface area (Å²) in [6.45, 7) is 6.90. The molecule has 3 heterocycles. The molecule has 0 amide bonds. The Labute approximate surface area is 211 Å². The number of carboxylic acid groups (broad SMARTS) is 1. The number of para-hydroxylation sites is 1. The molecular formula is C29H30N4O3. The van der Waals surface area contributed by atoms with Gasteiger partial charge in [-0.2, -0.15) is 5.26 Å². The van der Waals surface area contributed by atoms with E-state index in [1.54, 1.807) is 6.92 Å². The molecule has 3 aromatic rings. The van der Waals surface area contributed by atoms with Crippen molar-refractivity contribution in [3.05, 3.63) is 76.3 Å². The van der Waals surface area contributed by atoms with Crippen LogP contribution >= 0.6 is 0 Å². The van der Waals surface area contributed by atoms with Crippen molar-refractivity contribution in [2.75, 3.05) is 24.5 Å². The van der Waals surface area contributed by atoms with Gasteiger partial charge in [-0.1, -0.05) is 24.3 Å². The van der Waals surface area contributed by atoms with Crippen LogP contribution in [0.1, 0.15) is 41.2 Å². The van der Waals surface area contributed by atoms with Gasteiger partial charge in [0, 0.05) is 25.2 Å². The summed E-state index contributed by atoms with van der Waals surface area (Å²) in [5.74, 6) is 0.761. The molecule has 36 heavy (non-hydrogen) atoms. The molecule has 0 aliphatic carbocycles. The number of ether oxygens (including phenoxy) is 1. The van der Waals surface area contributed by atoms with Crippen LogP contribution < -0.4 is 15.0 Å². The average Bonchev–Trinajstić information content (AvgIpc) is 3.31. The lowest BCUT2D eigenvalue weighted by Crippen LogP contribution is -2.32. The number of carboxylic acids is 1. The monoisotopic (exact) mass is 482 g/mol. The lowest BCUT2D eigenvalue weighted by atomic mass is 9.90. The van der Waals surface area contributed by atoms with Crippen LogP contribution in [0.4, 0.5) is 5.82 Å². The molecule has 0 saturated carbocycles. The van der Waals surface area contributed by atoms with Gasteiger partial charge >= 0.3 is 5.97 Å². The van der Waals surface area contributed by atoms with Gasteiger partial charge in [-0.25, -0.2) is 4.98 Å². The van der Waals surface area contributed by atoms with Gasteiger partial charge in [0.05, 0.1) is 22.7 Å². The summed E-state index contributed by atoms with van der Waals surface area (Å²) in [5.41, 5.74) is 5.90. The van der Waals surface area contributed by atoms with E-state index in [1.807, 2.05) is 54.3 Å². The Balaban J connectivity index is 1.41. The van der Waals surface area contributed by atoms with Crippen molar-refractivity contribution in [1.29, 1.82) is 5.26 Å². The molecule has 0 unspecified atom stereocenters. The first kappa shape index (κ1) is 23.8. The first-order valence-corrected chi connectivity index (χ1v) is 12.3. The van der Waals surface area contributed by atoms with Gasteiger partial charge < -0.3 is 20.1 Å². The van der Waals surface area contributed by atoms with Crippen LogP contribution in [0.3, 0.4) is 0 Å². The van der Waals surface area contributed by atoms with Crippen LogP contribution in [0.2, 0.25) is 0 Å². The molecule has 2 aliphatic rings. The number of nitrogens with one attached hydrogen (secondary N) is 1. The lowest BCUT2D eigenvalue weighted by Gasteiger charge is -2.22. The maximum atomic E-state index is 11.7. The predicted octanol–water partition coefficient (Wildman–Crippen LogP) is 4.45. The van der Waals surface area contributed by atoms with Crippen LogP contribution in [0, 0.1) is 23.7 Å². The molecular weight excluding hydrogens is 452 g/mol. The van der Waals surface area contributed by atoms with Gasteiger partial charge in [0.15, 0.2) is 0 Å². The van der Waals surface area contributed by atoms with E-state index in [0.717, 1.165) is 59.0 Å². The van der Waals surface area contributed by atoms with Gasteiger partial charge in [-0.15, -0.1) is 0 Å². The quantitative estimate of drug-likeness (QED) is 0.535. The number of benzene rings is 2. The Kier molecular flexibility index (Phi) is 6.38. The molecule has 2 aliphatic heterocycles. The third-order valence-electron chi connectivity index (χ3n) is 7.31. The van der Waals surface area contributed by atoms with Crippen molar-refractivity contribution in [2.45, 2.75) is 39.8 Å². The zero-order valence-corrected chi connectivity index (χ0v) is 20.7. The number of carbonyl (C=O) groups is 1. The minimum atomic E-state index is -0.770. The Morgan fingerprint density at radius 1 is 1.28 bits per heavy atom. The second kappa shape index (κ2) is 9.63. The van der Waals surface area contributed by atoms with Gasteiger partial charge in [-0.3, -0.25) is 4.79 Å². The fraction of sp³-hybridized carbons (Fsp3) is 0.345. The lowest BCUT2D eigenvalue weighted by molar-refractivity contribution is -0.146. The number of pyridine rings is 1. The van der Waals surface area contributed by atoms with Gasteiger partial charge in [0.2, 0.25) is 0 Å². The fourth-order valence-corrected chi connectivity index (χ4v) is 5.13. The highest BCUT2D eigenvalue weighted by molar-refractivity contribution is 5.76. The molecule has 1 aromatic heterocycles. The van der Waals surface area contributed by atoms with Crippen molar-refractivity contribution >= 4 is 11.8 Å². The first-order chi connectivity index (χ1) is 17.4. The van der Waals surface area contributed by atoms with Crippen LogP contribution in [-0.2, 0) is 24.4 Å². The highest BCUT2D eigenvalue weighted by Crippen LogP contribution is 2.36. The van der Waals surface area contributed by atoms with E-state index < -0.39 is 11.4 Å². The maximum absolute atomic E-state index is 11.7. The number of rotatable bonds is 6. The minimum Gasteiger partial charge on any atom is -0.488 e. The second-order valence-corrected chi connectivity index (χ2v) is 9.98. The fourth-order valence-electron chi connectivity index (χ4n) is 5.13. The largest absolute Gasteiger partial charge is 0.488 e. The molecule has 184 valence electrons. The Hall–Kier alpha value is -3.89. The molecule has 1 fully saturated rings. The van der Waals surface area contributed by atoms with Gasteiger partial charge in [0.25, 0.3) is 0 Å². The number of aliphatic carboxylic acids is 1. The first-order valence-electron chi connectivity index (χ1n) is 12.3. The van der Waals surface area contributed by atoms with E-state index in [9.17, 15) is 15.2 Å². The highest BCUT2D eigenvalue weighted by atomic mass is 16.5. The van der Waals surface area contributed by atoms with Gasteiger partial charge in [0.1, 0.15) is 18.2 Å². The summed E-state index contributed by atoms with van der Waals surface area (Å²) in [6, 6.07) is 18.3. The predicted molar refractivity (Wildman–Crippen MR) is 138 cm³/mol. The standard InChI is InChI=1S/C29H30N4O3/c1-19-5-3-6-23(25-7-4-8-26(32-25)33-12-10-29(2,18-33)28(34)35)27(19)36-17-20-13-21-9-11-31-16-24(21)22(14-20)15-30/h3-8,13-14,31H,9-12,16-18H2,1-2H3,(H,34,35)/t29-/m1/s1. The Morgan fingerprint density at radius 3 is 2.89 bits per heavy atom. The summed E-state index contributed by atoms with van der Waals surface area (Å²) < 4.78 is 6.37. The SMILES string of the molecule is Cc1cccc(-c2cccc(N3CC[C@@](C)(C(=O)O)C3)n2)c1OCc1cc(C#N)c2c(c1)CCNC2. The summed E-state index contributed by atoms with van der Waals surface area (Å²) in [5, 5.41) is 22.6. The number of fused-ring (bicyclic) bond motifs is 1. The molecule has 1 atom stereocenters.